The zero-order valence-corrected chi connectivity index (χ0v) is 13.4. The van der Waals surface area contributed by atoms with Gasteiger partial charge in [-0.2, -0.15) is 4.98 Å². The lowest BCUT2D eigenvalue weighted by Gasteiger charge is -2.28. The summed E-state index contributed by atoms with van der Waals surface area (Å²) in [6, 6.07) is 1.30. The van der Waals surface area contributed by atoms with Crippen LogP contribution in [0.2, 0.25) is 0 Å². The molecule has 3 N–H and O–H groups in total. The van der Waals surface area contributed by atoms with Crippen LogP contribution in [0.3, 0.4) is 0 Å². The normalized spacial score (nSPS) is 25.8. The molecule has 0 bridgehead atoms. The summed E-state index contributed by atoms with van der Waals surface area (Å²) in [4.78, 5) is 24.7. The Kier molecular flexibility index (Phi) is 3.80. The molecule has 8 nitrogen and oxygen atoms in total. The Bertz CT molecular complexity index is 835. The van der Waals surface area contributed by atoms with Crippen LogP contribution < -0.4 is 11.4 Å². The van der Waals surface area contributed by atoms with Crippen LogP contribution in [0.5, 0.6) is 0 Å². The molecule has 0 aromatic carbocycles. The first kappa shape index (κ1) is 16.2. The topological polar surface area (TPSA) is 102 Å². The van der Waals surface area contributed by atoms with E-state index in [1.54, 1.807) is 6.33 Å². The number of rotatable bonds is 3. The second kappa shape index (κ2) is 5.88. The standard InChI is InChI=1S/C15H18F2N6O2/c16-15(17)5-9(6-22-3-1-10-11(7-22)20-8-19-10)25-13(15)23-4-2-12(18)21-14(23)24/h2,4,8-9,13H,1,3,5-7H2,(H,19,20)(H2,18,21,24)/t9?,13-/m1/s1. The molecule has 2 aromatic heterocycles. The summed E-state index contributed by atoms with van der Waals surface area (Å²) < 4.78 is 35.1. The van der Waals surface area contributed by atoms with Gasteiger partial charge in [0.1, 0.15) is 5.82 Å². The summed E-state index contributed by atoms with van der Waals surface area (Å²) in [5, 5.41) is 0. The quantitative estimate of drug-likeness (QED) is 0.835. The SMILES string of the molecule is Nc1ccn([C@@H]2OC(CN3CCc4[nH]cnc4C3)CC2(F)F)c(=O)n1. The third kappa shape index (κ3) is 3.02. The number of anilines is 1. The molecular weight excluding hydrogens is 334 g/mol. The first-order valence-corrected chi connectivity index (χ1v) is 8.04. The molecule has 0 radical (unpaired) electrons. The van der Waals surface area contributed by atoms with Gasteiger partial charge in [0, 0.05) is 44.4 Å². The lowest BCUT2D eigenvalue weighted by molar-refractivity contribution is -0.119. The van der Waals surface area contributed by atoms with Crippen molar-refractivity contribution in [1.82, 2.24) is 24.4 Å². The van der Waals surface area contributed by atoms with E-state index < -0.39 is 30.4 Å². The van der Waals surface area contributed by atoms with Crippen LogP contribution in [-0.2, 0) is 17.7 Å². The molecule has 4 rings (SSSR count). The molecule has 4 heterocycles. The van der Waals surface area contributed by atoms with Crippen molar-refractivity contribution < 1.29 is 13.5 Å². The zero-order chi connectivity index (χ0) is 17.6. The van der Waals surface area contributed by atoms with E-state index in [0.29, 0.717) is 13.1 Å². The molecule has 134 valence electrons. The average Bonchev–Trinajstić information content (AvgIpc) is 3.11. The van der Waals surface area contributed by atoms with E-state index in [-0.39, 0.29) is 5.82 Å². The smallest absolute Gasteiger partial charge is 0.351 e. The van der Waals surface area contributed by atoms with E-state index in [2.05, 4.69) is 15.0 Å². The van der Waals surface area contributed by atoms with Crippen molar-refractivity contribution in [3.05, 3.63) is 40.5 Å². The molecule has 0 aliphatic carbocycles. The number of nitrogens with zero attached hydrogens (tertiary/aromatic N) is 4. The molecule has 1 fully saturated rings. The molecule has 0 spiro atoms. The predicted molar refractivity (Wildman–Crippen MR) is 84.0 cm³/mol. The van der Waals surface area contributed by atoms with Gasteiger partial charge in [0.15, 0.2) is 0 Å². The average molecular weight is 352 g/mol. The van der Waals surface area contributed by atoms with Crippen molar-refractivity contribution in [1.29, 1.82) is 0 Å². The van der Waals surface area contributed by atoms with Crippen molar-refractivity contribution >= 4 is 5.82 Å². The highest BCUT2D eigenvalue weighted by molar-refractivity contribution is 5.23. The molecule has 25 heavy (non-hydrogen) atoms. The number of ether oxygens (including phenoxy) is 1. The van der Waals surface area contributed by atoms with Gasteiger partial charge < -0.3 is 15.5 Å². The molecule has 2 aliphatic heterocycles. The van der Waals surface area contributed by atoms with Gasteiger partial charge in [-0.25, -0.2) is 18.6 Å². The van der Waals surface area contributed by atoms with E-state index in [9.17, 15) is 13.6 Å². The Balaban J connectivity index is 1.48. The number of hydrogen-bond donors (Lipinski definition) is 2. The Morgan fingerprint density at radius 3 is 3.12 bits per heavy atom. The van der Waals surface area contributed by atoms with Gasteiger partial charge in [-0.15, -0.1) is 0 Å². The maximum absolute atomic E-state index is 14.4. The number of nitrogens with one attached hydrogen (secondary N) is 1. The van der Waals surface area contributed by atoms with Gasteiger partial charge in [-0.3, -0.25) is 9.47 Å². The van der Waals surface area contributed by atoms with Crippen molar-refractivity contribution in [2.75, 3.05) is 18.8 Å². The molecule has 0 amide bonds. The van der Waals surface area contributed by atoms with Gasteiger partial charge in [-0.05, 0) is 6.07 Å². The van der Waals surface area contributed by atoms with Crippen molar-refractivity contribution in [3.63, 3.8) is 0 Å². The van der Waals surface area contributed by atoms with E-state index in [4.69, 9.17) is 10.5 Å². The van der Waals surface area contributed by atoms with Gasteiger partial charge >= 0.3 is 5.69 Å². The highest BCUT2D eigenvalue weighted by Crippen LogP contribution is 2.42. The van der Waals surface area contributed by atoms with Crippen molar-refractivity contribution in [2.45, 2.75) is 37.6 Å². The first-order chi connectivity index (χ1) is 11.9. The van der Waals surface area contributed by atoms with Gasteiger partial charge in [-0.1, -0.05) is 0 Å². The Hall–Kier alpha value is -2.33. The maximum Gasteiger partial charge on any atom is 0.351 e. The number of nitrogens with two attached hydrogens (primary N) is 1. The highest BCUT2D eigenvalue weighted by Gasteiger charge is 2.52. The molecule has 1 unspecified atom stereocenters. The largest absolute Gasteiger partial charge is 0.383 e. The van der Waals surface area contributed by atoms with Crippen LogP contribution in [0.4, 0.5) is 14.6 Å². The van der Waals surface area contributed by atoms with Crippen LogP contribution in [0.1, 0.15) is 24.0 Å². The fourth-order valence-electron chi connectivity index (χ4n) is 3.42. The van der Waals surface area contributed by atoms with Crippen molar-refractivity contribution in [2.24, 2.45) is 0 Å². The fourth-order valence-corrected chi connectivity index (χ4v) is 3.42. The summed E-state index contributed by atoms with van der Waals surface area (Å²) in [5.41, 5.74) is 6.59. The zero-order valence-electron chi connectivity index (χ0n) is 13.4. The monoisotopic (exact) mass is 352 g/mol. The van der Waals surface area contributed by atoms with E-state index in [1.807, 2.05) is 4.90 Å². The summed E-state index contributed by atoms with van der Waals surface area (Å²) in [5.74, 6) is -3.17. The number of alkyl halides is 2. The molecule has 2 aliphatic rings. The minimum absolute atomic E-state index is 0.0118. The molecule has 1 saturated heterocycles. The Labute approximate surface area is 141 Å². The molecular formula is C15H18F2N6O2. The molecule has 10 heteroatoms. The Morgan fingerprint density at radius 2 is 2.32 bits per heavy atom. The minimum atomic E-state index is -3.15. The Morgan fingerprint density at radius 1 is 1.48 bits per heavy atom. The van der Waals surface area contributed by atoms with Gasteiger partial charge in [0.25, 0.3) is 5.92 Å². The third-order valence-electron chi connectivity index (χ3n) is 4.61. The number of nitrogen functional groups attached to an aromatic ring is 1. The number of imidazole rings is 1. The number of aromatic amines is 1. The van der Waals surface area contributed by atoms with E-state index in [1.165, 1.54) is 12.3 Å². The second-order valence-corrected chi connectivity index (χ2v) is 6.43. The molecule has 2 atom stereocenters. The highest BCUT2D eigenvalue weighted by atomic mass is 19.3. The minimum Gasteiger partial charge on any atom is -0.383 e. The second-order valence-electron chi connectivity index (χ2n) is 6.43. The summed E-state index contributed by atoms with van der Waals surface area (Å²) >= 11 is 0. The predicted octanol–water partition coefficient (Wildman–Crippen LogP) is 0.530. The summed E-state index contributed by atoms with van der Waals surface area (Å²) in [6.07, 6.45) is 0.850. The van der Waals surface area contributed by atoms with E-state index in [0.717, 1.165) is 28.9 Å². The van der Waals surface area contributed by atoms with Crippen LogP contribution in [-0.4, -0.2) is 49.5 Å². The molecule has 0 saturated carbocycles. The number of fused-ring (bicyclic) bond motifs is 1. The van der Waals surface area contributed by atoms with Gasteiger partial charge in [0.05, 0.1) is 18.1 Å². The third-order valence-corrected chi connectivity index (χ3v) is 4.61. The summed E-state index contributed by atoms with van der Waals surface area (Å²) in [7, 11) is 0. The summed E-state index contributed by atoms with van der Waals surface area (Å²) in [6.45, 7) is 1.70. The first-order valence-electron chi connectivity index (χ1n) is 8.04. The number of halogens is 2. The van der Waals surface area contributed by atoms with Gasteiger partial charge in [0.2, 0.25) is 6.23 Å². The maximum atomic E-state index is 14.4. The number of aromatic nitrogens is 4. The van der Waals surface area contributed by atoms with Crippen LogP contribution in [0.15, 0.2) is 23.4 Å². The lowest BCUT2D eigenvalue weighted by Crippen LogP contribution is -2.37. The van der Waals surface area contributed by atoms with Crippen LogP contribution in [0.25, 0.3) is 0 Å². The van der Waals surface area contributed by atoms with Crippen LogP contribution >= 0.6 is 0 Å². The lowest BCUT2D eigenvalue weighted by atomic mass is 10.1. The number of hydrogen-bond acceptors (Lipinski definition) is 6. The number of H-pyrrole nitrogens is 1. The van der Waals surface area contributed by atoms with E-state index >= 15 is 0 Å². The molecule has 2 aromatic rings. The van der Waals surface area contributed by atoms with Crippen molar-refractivity contribution in [3.8, 4) is 0 Å². The van der Waals surface area contributed by atoms with Crippen LogP contribution in [0, 0.1) is 0 Å². The fraction of sp³-hybridized carbons (Fsp3) is 0.533.